The Hall–Kier alpha value is -2.50. The Morgan fingerprint density at radius 3 is 2.80 bits per heavy atom. The highest BCUT2D eigenvalue weighted by Crippen LogP contribution is 2.27. The number of hydrogen-bond donors (Lipinski definition) is 1. The first-order valence-corrected chi connectivity index (χ1v) is 8.31. The first-order chi connectivity index (χ1) is 12.1. The Balaban J connectivity index is 1.59. The Bertz CT molecular complexity index is 867. The predicted molar refractivity (Wildman–Crippen MR) is 97.4 cm³/mol. The molecule has 7 heteroatoms. The topological polar surface area (TPSA) is 56.1 Å². The van der Waals surface area contributed by atoms with Gasteiger partial charge >= 0.3 is 0 Å². The normalized spacial score (nSPS) is 10.5. The van der Waals surface area contributed by atoms with E-state index in [0.717, 1.165) is 11.3 Å². The van der Waals surface area contributed by atoms with Crippen molar-refractivity contribution in [1.82, 2.24) is 15.1 Å². The number of carbonyl (C=O) groups is 1. The van der Waals surface area contributed by atoms with Gasteiger partial charge in [-0.05, 0) is 29.8 Å². The number of aromatic nitrogens is 2. The molecule has 0 fully saturated rings. The number of amides is 1. The molecule has 128 valence electrons. The molecule has 0 aliphatic rings. The molecule has 3 aromatic rings. The fraction of sp³-hybridized carbons (Fsp3) is 0.111. The van der Waals surface area contributed by atoms with E-state index in [1.54, 1.807) is 29.1 Å². The van der Waals surface area contributed by atoms with E-state index >= 15 is 0 Å². The van der Waals surface area contributed by atoms with E-state index in [-0.39, 0.29) is 12.5 Å². The van der Waals surface area contributed by atoms with Crippen LogP contribution in [-0.4, -0.2) is 22.3 Å². The third kappa shape index (κ3) is 4.53. The molecule has 1 aromatic heterocycles. The zero-order valence-corrected chi connectivity index (χ0v) is 14.7. The molecule has 0 saturated heterocycles. The number of benzene rings is 2. The molecule has 1 N–H and O–H groups in total. The fourth-order valence-electron chi connectivity index (χ4n) is 2.27. The summed E-state index contributed by atoms with van der Waals surface area (Å²) in [7, 11) is 0. The fourth-order valence-corrected chi connectivity index (χ4v) is 2.61. The molecule has 0 aliphatic carbocycles. The Morgan fingerprint density at radius 1 is 1.16 bits per heavy atom. The summed E-state index contributed by atoms with van der Waals surface area (Å²) in [5, 5.41) is 7.94. The van der Waals surface area contributed by atoms with Crippen LogP contribution in [0.5, 0.6) is 5.75 Å². The SMILES string of the molecule is O=C(COc1cc(Cl)ccc1Cl)NCc1ccccc1-n1cccn1. The van der Waals surface area contributed by atoms with Crippen molar-refractivity contribution in [3.63, 3.8) is 0 Å². The van der Waals surface area contributed by atoms with Crippen LogP contribution in [-0.2, 0) is 11.3 Å². The van der Waals surface area contributed by atoms with E-state index in [2.05, 4.69) is 10.4 Å². The van der Waals surface area contributed by atoms with Crippen LogP contribution in [0.4, 0.5) is 0 Å². The Labute approximate surface area is 155 Å². The van der Waals surface area contributed by atoms with Crippen molar-refractivity contribution in [2.75, 3.05) is 6.61 Å². The summed E-state index contributed by atoms with van der Waals surface area (Å²) in [5.41, 5.74) is 1.85. The first-order valence-electron chi connectivity index (χ1n) is 7.56. The summed E-state index contributed by atoms with van der Waals surface area (Å²) < 4.78 is 7.18. The lowest BCUT2D eigenvalue weighted by molar-refractivity contribution is -0.123. The van der Waals surface area contributed by atoms with Gasteiger partial charge in [0.1, 0.15) is 5.75 Å². The van der Waals surface area contributed by atoms with Crippen molar-refractivity contribution in [1.29, 1.82) is 0 Å². The van der Waals surface area contributed by atoms with Gasteiger partial charge in [0.15, 0.2) is 6.61 Å². The van der Waals surface area contributed by atoms with Crippen molar-refractivity contribution in [2.24, 2.45) is 0 Å². The molecule has 0 spiro atoms. The number of nitrogens with zero attached hydrogens (tertiary/aromatic N) is 2. The average molecular weight is 376 g/mol. The summed E-state index contributed by atoms with van der Waals surface area (Å²) >= 11 is 11.9. The van der Waals surface area contributed by atoms with Gasteiger partial charge in [-0.2, -0.15) is 5.10 Å². The second kappa shape index (κ2) is 8.05. The lowest BCUT2D eigenvalue weighted by atomic mass is 10.2. The van der Waals surface area contributed by atoms with Crippen LogP contribution in [0.3, 0.4) is 0 Å². The van der Waals surface area contributed by atoms with Gasteiger partial charge in [-0.25, -0.2) is 4.68 Å². The van der Waals surface area contributed by atoms with Crippen molar-refractivity contribution in [2.45, 2.75) is 6.54 Å². The molecule has 25 heavy (non-hydrogen) atoms. The van der Waals surface area contributed by atoms with Gasteiger partial charge in [-0.1, -0.05) is 41.4 Å². The zero-order chi connectivity index (χ0) is 17.6. The van der Waals surface area contributed by atoms with Gasteiger partial charge in [0.05, 0.1) is 10.7 Å². The molecule has 0 unspecified atom stereocenters. The van der Waals surface area contributed by atoms with E-state index in [1.807, 2.05) is 36.5 Å². The molecule has 1 amide bonds. The number of rotatable bonds is 6. The van der Waals surface area contributed by atoms with E-state index in [9.17, 15) is 4.79 Å². The maximum Gasteiger partial charge on any atom is 0.258 e. The molecule has 0 radical (unpaired) electrons. The smallest absolute Gasteiger partial charge is 0.258 e. The molecule has 5 nitrogen and oxygen atoms in total. The van der Waals surface area contributed by atoms with Crippen molar-refractivity contribution < 1.29 is 9.53 Å². The molecule has 1 heterocycles. The van der Waals surface area contributed by atoms with Gasteiger partial charge in [0.2, 0.25) is 0 Å². The lowest BCUT2D eigenvalue weighted by Crippen LogP contribution is -2.28. The molecule has 3 rings (SSSR count). The van der Waals surface area contributed by atoms with Crippen LogP contribution < -0.4 is 10.1 Å². The largest absolute Gasteiger partial charge is 0.482 e. The zero-order valence-electron chi connectivity index (χ0n) is 13.2. The highest BCUT2D eigenvalue weighted by Gasteiger charge is 2.09. The average Bonchev–Trinajstić information content (AvgIpc) is 3.15. The van der Waals surface area contributed by atoms with Crippen molar-refractivity contribution >= 4 is 29.1 Å². The highest BCUT2D eigenvalue weighted by atomic mass is 35.5. The third-order valence-corrected chi connectivity index (χ3v) is 4.02. The summed E-state index contributed by atoms with van der Waals surface area (Å²) in [6.45, 7) is 0.214. The molecule has 0 aliphatic heterocycles. The van der Waals surface area contributed by atoms with E-state index in [4.69, 9.17) is 27.9 Å². The van der Waals surface area contributed by atoms with Crippen LogP contribution >= 0.6 is 23.2 Å². The molecule has 0 saturated carbocycles. The number of halogens is 2. The number of carbonyl (C=O) groups excluding carboxylic acids is 1. The van der Waals surface area contributed by atoms with Crippen molar-refractivity contribution in [3.8, 4) is 11.4 Å². The number of para-hydroxylation sites is 1. The molecular formula is C18H15Cl2N3O2. The number of nitrogens with one attached hydrogen (secondary N) is 1. The van der Waals surface area contributed by atoms with Crippen LogP contribution in [0.25, 0.3) is 5.69 Å². The minimum Gasteiger partial charge on any atom is -0.482 e. The third-order valence-electron chi connectivity index (χ3n) is 3.47. The van der Waals surface area contributed by atoms with Crippen LogP contribution in [0, 0.1) is 0 Å². The maximum absolute atomic E-state index is 12.0. The predicted octanol–water partition coefficient (Wildman–Crippen LogP) is 3.87. The molecule has 2 aromatic carbocycles. The van der Waals surface area contributed by atoms with Crippen LogP contribution in [0.15, 0.2) is 60.9 Å². The highest BCUT2D eigenvalue weighted by molar-refractivity contribution is 6.34. The molecule has 0 atom stereocenters. The summed E-state index contributed by atoms with van der Waals surface area (Å²) in [6.07, 6.45) is 3.56. The van der Waals surface area contributed by atoms with E-state index in [0.29, 0.717) is 22.3 Å². The minimum atomic E-state index is -0.258. The lowest BCUT2D eigenvalue weighted by Gasteiger charge is -2.12. The van der Waals surface area contributed by atoms with E-state index < -0.39 is 0 Å². The maximum atomic E-state index is 12.0. The number of hydrogen-bond acceptors (Lipinski definition) is 3. The monoisotopic (exact) mass is 375 g/mol. The summed E-state index contributed by atoms with van der Waals surface area (Å²) in [5.74, 6) is 0.118. The van der Waals surface area contributed by atoms with Gasteiger partial charge in [-0.15, -0.1) is 0 Å². The summed E-state index contributed by atoms with van der Waals surface area (Å²) in [6, 6.07) is 14.4. The standard InChI is InChI=1S/C18H15Cl2N3O2/c19-14-6-7-15(20)17(10-14)25-12-18(24)21-11-13-4-1-2-5-16(13)23-9-3-8-22-23/h1-10H,11-12H2,(H,21,24). The van der Waals surface area contributed by atoms with Gasteiger partial charge in [0.25, 0.3) is 5.91 Å². The second-order valence-electron chi connectivity index (χ2n) is 5.22. The Morgan fingerprint density at radius 2 is 2.00 bits per heavy atom. The van der Waals surface area contributed by atoms with Crippen LogP contribution in [0.2, 0.25) is 10.0 Å². The summed E-state index contributed by atoms with van der Waals surface area (Å²) in [4.78, 5) is 12.0. The minimum absolute atomic E-state index is 0.149. The second-order valence-corrected chi connectivity index (χ2v) is 6.06. The van der Waals surface area contributed by atoms with E-state index in [1.165, 1.54) is 0 Å². The van der Waals surface area contributed by atoms with Gasteiger partial charge in [0, 0.05) is 30.0 Å². The molecule has 0 bridgehead atoms. The van der Waals surface area contributed by atoms with Gasteiger partial charge in [-0.3, -0.25) is 4.79 Å². The van der Waals surface area contributed by atoms with Crippen LogP contribution in [0.1, 0.15) is 5.56 Å². The van der Waals surface area contributed by atoms with Crippen molar-refractivity contribution in [3.05, 3.63) is 76.5 Å². The quantitative estimate of drug-likeness (QED) is 0.711. The molecular weight excluding hydrogens is 361 g/mol. The van der Waals surface area contributed by atoms with Gasteiger partial charge < -0.3 is 10.1 Å². The first kappa shape index (κ1) is 17.3. The Kier molecular flexibility index (Phi) is 5.58. The number of ether oxygens (including phenoxy) is 1.